The van der Waals surface area contributed by atoms with Gasteiger partial charge < -0.3 is 65.3 Å². The number of aromatic hydroxyl groups is 1. The number of carbonyl (C=O) groups is 2. The number of aliphatic hydroxyl groups is 8. The summed E-state index contributed by atoms with van der Waals surface area (Å²) in [5.41, 5.74) is 0.677. The fourth-order valence-corrected chi connectivity index (χ4v) is 6.19. The summed E-state index contributed by atoms with van der Waals surface area (Å²) in [6.45, 7) is -0.0364. The Labute approximate surface area is 299 Å². The summed E-state index contributed by atoms with van der Waals surface area (Å²) in [7, 11) is 0. The van der Waals surface area contributed by atoms with E-state index in [4.69, 9.17) is 14.2 Å². The summed E-state index contributed by atoms with van der Waals surface area (Å²) >= 11 is 0. The van der Waals surface area contributed by atoms with Crippen molar-refractivity contribution in [1.82, 2.24) is 0 Å². The molecule has 1 aromatic carbocycles. The van der Waals surface area contributed by atoms with Gasteiger partial charge in [0.1, 0.15) is 54.0 Å². The molecular formula is C36H60O15. The van der Waals surface area contributed by atoms with Gasteiger partial charge in [-0.05, 0) is 44.2 Å². The third-order valence-corrected chi connectivity index (χ3v) is 9.35. The molecule has 0 amide bonds. The second-order valence-corrected chi connectivity index (χ2v) is 13.5. The first kappa shape index (κ1) is 44.7. The highest BCUT2D eigenvalue weighted by Crippen LogP contribution is 2.25. The predicted molar refractivity (Wildman–Crippen MR) is 183 cm³/mol. The predicted octanol–water partition coefficient (Wildman–Crippen LogP) is 1.29. The Morgan fingerprint density at radius 1 is 0.784 bits per heavy atom. The minimum absolute atomic E-state index is 0.00392. The lowest BCUT2D eigenvalue weighted by Crippen LogP contribution is -2.61. The average molecular weight is 733 g/mol. The van der Waals surface area contributed by atoms with Crippen molar-refractivity contribution in [3.63, 3.8) is 0 Å². The van der Waals surface area contributed by atoms with E-state index in [1.807, 2.05) is 0 Å². The number of carbonyl (C=O) groups excluding carboxylic acids is 1. The quantitative estimate of drug-likeness (QED) is 0.0475. The average Bonchev–Trinajstić information content (AvgIpc) is 3.10. The molecule has 1 aromatic rings. The lowest BCUT2D eigenvalue weighted by molar-refractivity contribution is -0.322. The van der Waals surface area contributed by atoms with Crippen molar-refractivity contribution in [2.75, 3.05) is 13.2 Å². The van der Waals surface area contributed by atoms with Gasteiger partial charge in [-0.2, -0.15) is 0 Å². The third kappa shape index (κ3) is 14.8. The van der Waals surface area contributed by atoms with Gasteiger partial charge in [-0.1, -0.05) is 82.8 Å². The molecule has 0 unspecified atom stereocenters. The van der Waals surface area contributed by atoms with E-state index in [9.17, 15) is 60.7 Å². The van der Waals surface area contributed by atoms with Crippen molar-refractivity contribution in [2.24, 2.45) is 0 Å². The topological polar surface area (TPSA) is 264 Å². The number of ether oxygens (including phenoxy) is 3. The normalized spacial score (nSPS) is 23.7. The minimum atomic E-state index is -2.18. The molecule has 10 atom stereocenters. The maximum Gasteiger partial charge on any atom is 0.339 e. The summed E-state index contributed by atoms with van der Waals surface area (Å²) in [5.74, 6) is -2.47. The van der Waals surface area contributed by atoms with Crippen LogP contribution < -0.4 is 0 Å². The van der Waals surface area contributed by atoms with E-state index < -0.39 is 86.4 Å². The van der Waals surface area contributed by atoms with E-state index in [0.717, 1.165) is 57.8 Å². The van der Waals surface area contributed by atoms with Gasteiger partial charge in [0.15, 0.2) is 12.4 Å². The van der Waals surface area contributed by atoms with E-state index in [2.05, 4.69) is 0 Å². The number of aromatic carboxylic acids is 1. The number of rotatable bonds is 26. The van der Waals surface area contributed by atoms with Crippen LogP contribution in [0.1, 0.15) is 113 Å². The number of aliphatic hydroxyl groups excluding tert-OH is 8. The van der Waals surface area contributed by atoms with Gasteiger partial charge in [0.05, 0.1) is 19.3 Å². The van der Waals surface area contributed by atoms with Crippen LogP contribution in [0, 0.1) is 0 Å². The van der Waals surface area contributed by atoms with Gasteiger partial charge >= 0.3 is 11.9 Å². The van der Waals surface area contributed by atoms with Gasteiger partial charge in [-0.3, -0.25) is 0 Å². The van der Waals surface area contributed by atoms with Gasteiger partial charge in [0.25, 0.3) is 0 Å². The van der Waals surface area contributed by atoms with Crippen molar-refractivity contribution in [1.29, 1.82) is 0 Å². The number of unbranched alkanes of at least 4 members (excludes halogenated alkanes) is 12. The molecule has 15 heteroatoms. The lowest BCUT2D eigenvalue weighted by Gasteiger charge is -2.41. The molecule has 10 N–H and O–H groups in total. The van der Waals surface area contributed by atoms with Crippen LogP contribution >= 0.6 is 0 Å². The molecule has 51 heavy (non-hydrogen) atoms. The Balaban J connectivity index is 1.52. The van der Waals surface area contributed by atoms with Crippen LogP contribution in [0.5, 0.6) is 5.75 Å². The van der Waals surface area contributed by atoms with Crippen molar-refractivity contribution < 1.29 is 74.9 Å². The second-order valence-electron chi connectivity index (χ2n) is 13.5. The standard InChI is InChI=1S/C36H60O15/c1-22(49-35(48)32(44)30(42)28(40)25(20-37)50-36-33(45)31(43)29(41)26(21-38)51-36)16-13-11-9-7-5-3-2-4-6-8-10-12-14-17-23-18-15-19-24(39)27(23)34(46)47/h15,18-19,22,25-26,28-33,36-45H,2-14,16-17,20-21H2,1H3,(H,46,47)/t22-,25-,26-,28-,29-,30+,31+,32+,33+,36-/m1/s1. The molecule has 1 fully saturated rings. The van der Waals surface area contributed by atoms with Crippen LogP contribution in [0.2, 0.25) is 0 Å². The molecule has 0 aromatic heterocycles. The van der Waals surface area contributed by atoms with Crippen molar-refractivity contribution in [2.45, 2.75) is 164 Å². The molecule has 1 aliphatic rings. The zero-order valence-corrected chi connectivity index (χ0v) is 29.5. The van der Waals surface area contributed by atoms with Crippen molar-refractivity contribution in [3.8, 4) is 5.75 Å². The summed E-state index contributed by atoms with van der Waals surface area (Å²) in [6.07, 6.45) is -1.91. The molecule has 1 heterocycles. The molecule has 1 aliphatic heterocycles. The highest BCUT2D eigenvalue weighted by Gasteiger charge is 2.46. The molecule has 0 saturated carbocycles. The van der Waals surface area contributed by atoms with Crippen LogP contribution in [-0.4, -0.2) is 137 Å². The minimum Gasteiger partial charge on any atom is -0.507 e. The monoisotopic (exact) mass is 732 g/mol. The lowest BCUT2D eigenvalue weighted by atomic mass is 9.99. The fraction of sp³-hybridized carbons (Fsp3) is 0.778. The fourth-order valence-electron chi connectivity index (χ4n) is 6.19. The Morgan fingerprint density at radius 3 is 1.86 bits per heavy atom. The Hall–Kier alpha value is -2.44. The third-order valence-electron chi connectivity index (χ3n) is 9.35. The van der Waals surface area contributed by atoms with Gasteiger partial charge in [0.2, 0.25) is 0 Å². The summed E-state index contributed by atoms with van der Waals surface area (Å²) in [6, 6.07) is 4.83. The molecule has 1 saturated heterocycles. The smallest absolute Gasteiger partial charge is 0.339 e. The van der Waals surface area contributed by atoms with Crippen LogP contribution in [0.25, 0.3) is 0 Å². The summed E-state index contributed by atoms with van der Waals surface area (Å²) < 4.78 is 15.6. The van der Waals surface area contributed by atoms with Gasteiger partial charge in [-0.25, -0.2) is 9.59 Å². The number of phenols is 1. The zero-order valence-electron chi connectivity index (χ0n) is 29.5. The number of esters is 1. The highest BCUT2D eigenvalue weighted by atomic mass is 16.7. The van der Waals surface area contributed by atoms with E-state index in [-0.39, 0.29) is 11.3 Å². The van der Waals surface area contributed by atoms with Gasteiger partial charge in [-0.15, -0.1) is 0 Å². The molecule has 15 nitrogen and oxygen atoms in total. The second kappa shape index (κ2) is 24.0. The number of carboxylic acids is 1. The Morgan fingerprint density at radius 2 is 1.33 bits per heavy atom. The van der Waals surface area contributed by atoms with Crippen LogP contribution in [0.15, 0.2) is 18.2 Å². The Bertz CT molecular complexity index is 1130. The first-order valence-corrected chi connectivity index (χ1v) is 18.2. The van der Waals surface area contributed by atoms with E-state index >= 15 is 0 Å². The highest BCUT2D eigenvalue weighted by molar-refractivity contribution is 5.92. The van der Waals surface area contributed by atoms with Crippen molar-refractivity contribution >= 4 is 11.9 Å². The number of hydrogen-bond donors (Lipinski definition) is 10. The van der Waals surface area contributed by atoms with E-state index in [1.165, 1.54) is 31.7 Å². The first-order valence-electron chi connectivity index (χ1n) is 18.2. The molecule has 2 rings (SSSR count). The van der Waals surface area contributed by atoms with Gasteiger partial charge in [0, 0.05) is 0 Å². The number of hydrogen-bond acceptors (Lipinski definition) is 14. The maximum absolute atomic E-state index is 12.4. The largest absolute Gasteiger partial charge is 0.507 e. The maximum atomic E-state index is 12.4. The molecular weight excluding hydrogens is 672 g/mol. The van der Waals surface area contributed by atoms with E-state index in [0.29, 0.717) is 18.4 Å². The number of benzene rings is 1. The van der Waals surface area contributed by atoms with Crippen LogP contribution in [0.3, 0.4) is 0 Å². The molecule has 0 aliphatic carbocycles. The number of aryl methyl sites for hydroxylation is 1. The first-order chi connectivity index (χ1) is 24.3. The van der Waals surface area contributed by atoms with E-state index in [1.54, 1.807) is 19.1 Å². The van der Waals surface area contributed by atoms with Crippen LogP contribution in [0.4, 0.5) is 0 Å². The number of carboxylic acid groups (broad SMARTS) is 1. The molecule has 294 valence electrons. The Kier molecular flexibility index (Phi) is 21.0. The molecule has 0 spiro atoms. The van der Waals surface area contributed by atoms with Crippen LogP contribution in [-0.2, 0) is 25.4 Å². The molecule has 0 radical (unpaired) electrons. The van der Waals surface area contributed by atoms with Crippen molar-refractivity contribution in [3.05, 3.63) is 29.3 Å². The SMILES string of the molecule is C[C@H](CCCCCCCCCCCCCCCc1cccc(O)c1C(=O)O)OC(=O)[C@@H](O)[C@@H](O)[C@H](O)[C@@H](CO)O[C@@H]1O[C@H](CO)[C@@H](O)[C@H](O)[C@@H]1O. The summed E-state index contributed by atoms with van der Waals surface area (Å²) in [5, 5.41) is 99.1. The molecule has 0 bridgehead atoms. The zero-order chi connectivity index (χ0) is 37.9. The summed E-state index contributed by atoms with van der Waals surface area (Å²) in [4.78, 5) is 23.8.